The van der Waals surface area contributed by atoms with Crippen molar-refractivity contribution < 1.29 is 14.4 Å². The fraction of sp³-hybridized carbons (Fsp3) is 0.292. The topological polar surface area (TPSA) is 81.8 Å². The summed E-state index contributed by atoms with van der Waals surface area (Å²) >= 11 is 12.4. The Morgan fingerprint density at radius 1 is 1.15 bits per heavy atom. The van der Waals surface area contributed by atoms with Gasteiger partial charge in [-0.2, -0.15) is 0 Å². The molecule has 0 aromatic heterocycles. The third kappa shape index (κ3) is 4.84. The lowest BCUT2D eigenvalue weighted by Crippen LogP contribution is -2.47. The molecule has 2 aromatic rings. The predicted octanol–water partition coefficient (Wildman–Crippen LogP) is 3.88. The summed E-state index contributed by atoms with van der Waals surface area (Å²) in [5.41, 5.74) is 2.73. The molecule has 2 heterocycles. The summed E-state index contributed by atoms with van der Waals surface area (Å²) in [6.45, 7) is 3.22. The minimum Gasteiger partial charge on any atom is -0.352 e. The molecule has 2 aliphatic heterocycles. The fourth-order valence-electron chi connectivity index (χ4n) is 4.15. The van der Waals surface area contributed by atoms with E-state index < -0.39 is 6.04 Å². The maximum atomic E-state index is 13.4. The van der Waals surface area contributed by atoms with E-state index in [4.69, 9.17) is 23.2 Å². The van der Waals surface area contributed by atoms with Crippen molar-refractivity contribution in [1.29, 1.82) is 0 Å². The van der Waals surface area contributed by atoms with Crippen molar-refractivity contribution in [2.24, 2.45) is 0 Å². The van der Waals surface area contributed by atoms with Crippen molar-refractivity contribution >= 4 is 41.0 Å². The van der Waals surface area contributed by atoms with E-state index in [0.29, 0.717) is 40.0 Å². The molecule has 4 rings (SSSR count). The van der Waals surface area contributed by atoms with Crippen LogP contribution >= 0.6 is 23.2 Å². The molecule has 0 saturated carbocycles. The monoisotopic (exact) mass is 486 g/mol. The van der Waals surface area contributed by atoms with E-state index in [1.807, 2.05) is 37.3 Å². The molecule has 2 N–H and O–H groups in total. The largest absolute Gasteiger partial charge is 0.352 e. The van der Waals surface area contributed by atoms with Crippen LogP contribution in [0.15, 0.2) is 59.8 Å². The number of nitrogens with one attached hydrogen (secondary N) is 2. The van der Waals surface area contributed by atoms with Crippen LogP contribution in [0.25, 0.3) is 0 Å². The first-order chi connectivity index (χ1) is 15.9. The van der Waals surface area contributed by atoms with E-state index in [9.17, 15) is 14.4 Å². The van der Waals surface area contributed by atoms with Crippen molar-refractivity contribution in [3.8, 4) is 0 Å². The second kappa shape index (κ2) is 9.85. The zero-order chi connectivity index (χ0) is 23.5. The average Bonchev–Trinajstić information content (AvgIpc) is 3.12. The van der Waals surface area contributed by atoms with Crippen LogP contribution in [0.4, 0.5) is 4.79 Å². The normalized spacial score (nSPS) is 17.8. The molecule has 172 valence electrons. The second-order valence-corrected chi connectivity index (χ2v) is 8.74. The van der Waals surface area contributed by atoms with E-state index in [-0.39, 0.29) is 37.4 Å². The highest BCUT2D eigenvalue weighted by atomic mass is 35.5. The summed E-state index contributed by atoms with van der Waals surface area (Å²) in [5.74, 6) is -0.356. The Morgan fingerprint density at radius 3 is 2.61 bits per heavy atom. The summed E-state index contributed by atoms with van der Waals surface area (Å²) in [6, 6.07) is 13.6. The SMILES string of the molecule is CCN1C(=O)N[C@H](c2ccc(Cl)cc2Cl)C2=C1CN(CCC(=O)NCc1ccccc1)C2=O. The van der Waals surface area contributed by atoms with Gasteiger partial charge in [-0.3, -0.25) is 14.5 Å². The van der Waals surface area contributed by atoms with Gasteiger partial charge < -0.3 is 15.5 Å². The van der Waals surface area contributed by atoms with Gasteiger partial charge in [0.1, 0.15) is 0 Å². The number of benzene rings is 2. The molecule has 0 saturated heterocycles. The molecular formula is C24H24Cl2N4O3. The number of amides is 4. The zero-order valence-corrected chi connectivity index (χ0v) is 19.6. The molecule has 0 spiro atoms. The number of carbonyl (C=O) groups excluding carboxylic acids is 3. The standard InChI is InChI=1S/C24H24Cl2N4O3/c1-2-30-19-14-29(11-10-20(31)27-13-15-6-4-3-5-7-15)23(32)21(19)22(28-24(30)33)17-9-8-16(25)12-18(17)26/h3-9,12,22H,2,10-11,13-14H2,1H3,(H,27,31)(H,28,33)/t22-/m1/s1. The maximum Gasteiger partial charge on any atom is 0.322 e. The number of hydrogen-bond acceptors (Lipinski definition) is 3. The molecule has 7 nitrogen and oxygen atoms in total. The van der Waals surface area contributed by atoms with Gasteiger partial charge in [0.15, 0.2) is 0 Å². The molecule has 4 amide bonds. The highest BCUT2D eigenvalue weighted by Crippen LogP contribution is 2.39. The first-order valence-corrected chi connectivity index (χ1v) is 11.5. The van der Waals surface area contributed by atoms with Crippen LogP contribution in [-0.4, -0.2) is 47.3 Å². The number of carbonyl (C=O) groups is 3. The van der Waals surface area contributed by atoms with Crippen LogP contribution in [0.5, 0.6) is 0 Å². The first-order valence-electron chi connectivity index (χ1n) is 10.7. The molecule has 0 fully saturated rings. The summed E-state index contributed by atoms with van der Waals surface area (Å²) in [4.78, 5) is 41.6. The Labute approximate surface area is 202 Å². The number of likely N-dealkylation sites (N-methyl/N-ethyl adjacent to an activating group) is 1. The third-order valence-corrected chi connectivity index (χ3v) is 6.39. The average molecular weight is 487 g/mol. The molecule has 9 heteroatoms. The summed E-state index contributed by atoms with van der Waals surface area (Å²) in [5, 5.41) is 6.61. The molecule has 2 aliphatic rings. The number of halogens is 2. The quantitative estimate of drug-likeness (QED) is 0.622. The third-order valence-electron chi connectivity index (χ3n) is 5.83. The van der Waals surface area contributed by atoms with Crippen LogP contribution in [0, 0.1) is 0 Å². The molecule has 2 aromatic carbocycles. The summed E-state index contributed by atoms with van der Waals surface area (Å²) in [6.07, 6.45) is 0.166. The van der Waals surface area contributed by atoms with Crippen molar-refractivity contribution in [2.45, 2.75) is 25.9 Å². The number of urea groups is 1. The molecule has 33 heavy (non-hydrogen) atoms. The van der Waals surface area contributed by atoms with Gasteiger partial charge >= 0.3 is 6.03 Å². The lowest BCUT2D eigenvalue weighted by atomic mass is 9.95. The van der Waals surface area contributed by atoms with Gasteiger partial charge in [0.2, 0.25) is 5.91 Å². The van der Waals surface area contributed by atoms with Gasteiger partial charge in [0, 0.05) is 36.1 Å². The van der Waals surface area contributed by atoms with E-state index in [0.717, 1.165) is 5.56 Å². The fourth-order valence-corrected chi connectivity index (χ4v) is 4.67. The highest BCUT2D eigenvalue weighted by molar-refractivity contribution is 6.35. The second-order valence-electron chi connectivity index (χ2n) is 7.89. The Balaban J connectivity index is 1.48. The summed E-state index contributed by atoms with van der Waals surface area (Å²) in [7, 11) is 0. The van der Waals surface area contributed by atoms with E-state index in [1.54, 1.807) is 28.0 Å². The highest BCUT2D eigenvalue weighted by Gasteiger charge is 2.44. The van der Waals surface area contributed by atoms with Gasteiger partial charge in [-0.25, -0.2) is 4.79 Å². The van der Waals surface area contributed by atoms with Crippen molar-refractivity contribution in [1.82, 2.24) is 20.4 Å². The number of hydrogen-bond donors (Lipinski definition) is 2. The van der Waals surface area contributed by atoms with E-state index in [1.165, 1.54) is 0 Å². The molecule has 0 aliphatic carbocycles. The van der Waals surface area contributed by atoms with E-state index in [2.05, 4.69) is 10.6 Å². The zero-order valence-electron chi connectivity index (χ0n) is 18.1. The predicted molar refractivity (Wildman–Crippen MR) is 127 cm³/mol. The van der Waals surface area contributed by atoms with E-state index >= 15 is 0 Å². The molecular weight excluding hydrogens is 463 g/mol. The lowest BCUT2D eigenvalue weighted by molar-refractivity contribution is -0.127. The van der Waals surface area contributed by atoms with Gasteiger partial charge in [-0.1, -0.05) is 59.6 Å². The van der Waals surface area contributed by atoms with Crippen LogP contribution in [0.2, 0.25) is 10.0 Å². The van der Waals surface area contributed by atoms with Crippen LogP contribution < -0.4 is 10.6 Å². The molecule has 0 unspecified atom stereocenters. The van der Waals surface area contributed by atoms with Gasteiger partial charge in [-0.05, 0) is 30.2 Å². The first kappa shape index (κ1) is 23.1. The summed E-state index contributed by atoms with van der Waals surface area (Å²) < 4.78 is 0. The molecule has 1 atom stereocenters. The van der Waals surface area contributed by atoms with Gasteiger partial charge in [0.25, 0.3) is 5.91 Å². The smallest absolute Gasteiger partial charge is 0.322 e. The Morgan fingerprint density at radius 2 is 1.91 bits per heavy atom. The number of nitrogens with zero attached hydrogens (tertiary/aromatic N) is 2. The van der Waals surface area contributed by atoms with Crippen molar-refractivity contribution in [3.05, 3.63) is 81.0 Å². The Kier molecular flexibility index (Phi) is 6.91. The van der Waals surface area contributed by atoms with Crippen molar-refractivity contribution in [2.75, 3.05) is 19.6 Å². The Bertz CT molecular complexity index is 1120. The Hall–Kier alpha value is -3.03. The molecule has 0 bridgehead atoms. The number of rotatable bonds is 7. The maximum absolute atomic E-state index is 13.4. The van der Waals surface area contributed by atoms with Crippen LogP contribution in [0.1, 0.15) is 30.5 Å². The molecule has 0 radical (unpaired) electrons. The van der Waals surface area contributed by atoms with Gasteiger partial charge in [0.05, 0.1) is 23.9 Å². The van der Waals surface area contributed by atoms with Crippen molar-refractivity contribution in [3.63, 3.8) is 0 Å². The minimum atomic E-state index is -0.676. The van der Waals surface area contributed by atoms with Gasteiger partial charge in [-0.15, -0.1) is 0 Å². The van der Waals surface area contributed by atoms with Crippen LogP contribution in [0.3, 0.4) is 0 Å². The minimum absolute atomic E-state index is 0.143. The van der Waals surface area contributed by atoms with Crippen LogP contribution in [-0.2, 0) is 16.1 Å². The lowest BCUT2D eigenvalue weighted by Gasteiger charge is -2.33.